The highest BCUT2D eigenvalue weighted by molar-refractivity contribution is 8.26. The van der Waals surface area contributed by atoms with Gasteiger partial charge < -0.3 is 8.83 Å². The molecule has 1 aromatic carbocycles. The SMILES string of the molecule is O=C1C(=Cc2ccc(-c3cccc(Cl)c3Cl)o2)SC(=S)N1Cc1ccco1. The van der Waals surface area contributed by atoms with Crippen LogP contribution in [0.1, 0.15) is 11.5 Å². The van der Waals surface area contributed by atoms with Gasteiger partial charge in [-0.2, -0.15) is 0 Å². The van der Waals surface area contributed by atoms with Crippen LogP contribution >= 0.6 is 47.2 Å². The van der Waals surface area contributed by atoms with Crippen molar-refractivity contribution in [3.8, 4) is 11.3 Å². The van der Waals surface area contributed by atoms with Crippen molar-refractivity contribution in [1.82, 2.24) is 4.90 Å². The number of thiocarbonyl (C=S) groups is 1. The Balaban J connectivity index is 1.57. The molecule has 1 fully saturated rings. The third-order valence-corrected chi connectivity index (χ3v) is 6.08. The van der Waals surface area contributed by atoms with Crippen LogP contribution in [0, 0.1) is 0 Å². The van der Waals surface area contributed by atoms with E-state index in [9.17, 15) is 4.79 Å². The highest BCUT2D eigenvalue weighted by Gasteiger charge is 2.32. The van der Waals surface area contributed by atoms with Gasteiger partial charge in [0.05, 0.1) is 27.8 Å². The summed E-state index contributed by atoms with van der Waals surface area (Å²) < 4.78 is 11.6. The summed E-state index contributed by atoms with van der Waals surface area (Å²) in [6.07, 6.45) is 3.23. The standard InChI is InChI=1S/C19H11Cl2NO3S2/c20-14-5-1-4-13(17(14)21)15-7-6-11(25-15)9-16-18(23)22(19(26)27-16)10-12-3-2-8-24-12/h1-9H,10H2. The Labute approximate surface area is 174 Å². The average Bonchev–Trinajstić information content (AvgIpc) is 3.37. The fourth-order valence-corrected chi connectivity index (χ4v) is 4.22. The summed E-state index contributed by atoms with van der Waals surface area (Å²) in [5.41, 5.74) is 0.689. The molecule has 0 radical (unpaired) electrons. The Kier molecular flexibility index (Phi) is 5.14. The van der Waals surface area contributed by atoms with Gasteiger partial charge in [-0.3, -0.25) is 9.69 Å². The summed E-state index contributed by atoms with van der Waals surface area (Å²) in [6.45, 7) is 0.302. The quantitative estimate of drug-likeness (QED) is 0.358. The molecule has 4 rings (SSSR count). The van der Waals surface area contributed by atoms with Crippen molar-refractivity contribution < 1.29 is 13.6 Å². The summed E-state index contributed by atoms with van der Waals surface area (Å²) in [4.78, 5) is 14.6. The largest absolute Gasteiger partial charge is 0.467 e. The van der Waals surface area contributed by atoms with Gasteiger partial charge in [0.1, 0.15) is 21.6 Å². The zero-order chi connectivity index (χ0) is 19.0. The normalized spacial score (nSPS) is 15.9. The van der Waals surface area contributed by atoms with E-state index in [2.05, 4.69) is 0 Å². The van der Waals surface area contributed by atoms with Crippen molar-refractivity contribution in [2.75, 3.05) is 0 Å². The molecular formula is C19H11Cl2NO3S2. The first-order chi connectivity index (χ1) is 13.0. The lowest BCUT2D eigenvalue weighted by atomic mass is 10.2. The molecule has 0 atom stereocenters. The number of halogens is 2. The second kappa shape index (κ2) is 7.56. The predicted molar refractivity (Wildman–Crippen MR) is 112 cm³/mol. The van der Waals surface area contributed by atoms with Crippen LogP contribution in [-0.2, 0) is 11.3 Å². The first kappa shape index (κ1) is 18.4. The Morgan fingerprint density at radius 1 is 1.15 bits per heavy atom. The second-order valence-electron chi connectivity index (χ2n) is 5.65. The van der Waals surface area contributed by atoms with Crippen molar-refractivity contribution in [2.45, 2.75) is 6.54 Å². The Morgan fingerprint density at radius 2 is 2.00 bits per heavy atom. The molecule has 8 heteroatoms. The third-order valence-electron chi connectivity index (χ3n) is 3.88. The first-order valence-electron chi connectivity index (χ1n) is 7.85. The maximum absolute atomic E-state index is 12.6. The van der Waals surface area contributed by atoms with Gasteiger partial charge in [-0.15, -0.1) is 0 Å². The minimum Gasteiger partial charge on any atom is -0.467 e. The van der Waals surface area contributed by atoms with Crippen LogP contribution in [0.3, 0.4) is 0 Å². The van der Waals surface area contributed by atoms with Crippen molar-refractivity contribution in [2.24, 2.45) is 0 Å². The number of furan rings is 2. The van der Waals surface area contributed by atoms with E-state index in [-0.39, 0.29) is 5.91 Å². The van der Waals surface area contributed by atoms with E-state index in [4.69, 9.17) is 44.3 Å². The van der Waals surface area contributed by atoms with Crippen LogP contribution in [0.25, 0.3) is 17.4 Å². The van der Waals surface area contributed by atoms with Crippen molar-refractivity contribution in [3.63, 3.8) is 0 Å². The molecule has 1 amide bonds. The number of carbonyl (C=O) groups is 1. The fourth-order valence-electron chi connectivity index (χ4n) is 2.59. The highest BCUT2D eigenvalue weighted by Crippen LogP contribution is 2.37. The van der Waals surface area contributed by atoms with Crippen LogP contribution in [0.4, 0.5) is 0 Å². The molecule has 4 nitrogen and oxygen atoms in total. The molecule has 1 aliphatic rings. The van der Waals surface area contributed by atoms with Gasteiger partial charge in [0.25, 0.3) is 5.91 Å². The summed E-state index contributed by atoms with van der Waals surface area (Å²) in [7, 11) is 0. The molecule has 0 spiro atoms. The van der Waals surface area contributed by atoms with Crippen molar-refractivity contribution in [3.05, 3.63) is 75.2 Å². The van der Waals surface area contributed by atoms with Gasteiger partial charge in [-0.25, -0.2) is 0 Å². The molecular weight excluding hydrogens is 425 g/mol. The van der Waals surface area contributed by atoms with E-state index >= 15 is 0 Å². The minimum absolute atomic E-state index is 0.180. The molecule has 0 saturated carbocycles. The number of carbonyl (C=O) groups excluding carboxylic acids is 1. The molecule has 3 heterocycles. The molecule has 0 bridgehead atoms. The molecule has 1 aliphatic heterocycles. The van der Waals surface area contributed by atoms with Crippen LogP contribution in [0.2, 0.25) is 10.0 Å². The molecule has 0 N–H and O–H groups in total. The molecule has 0 aliphatic carbocycles. The number of thioether (sulfide) groups is 1. The first-order valence-corrected chi connectivity index (χ1v) is 9.83. The Morgan fingerprint density at radius 3 is 2.78 bits per heavy atom. The summed E-state index contributed by atoms with van der Waals surface area (Å²) >= 11 is 18.8. The third kappa shape index (κ3) is 3.71. The number of rotatable bonds is 4. The van der Waals surface area contributed by atoms with Crippen LogP contribution in [-0.4, -0.2) is 15.1 Å². The van der Waals surface area contributed by atoms with E-state index < -0.39 is 0 Å². The van der Waals surface area contributed by atoms with Crippen molar-refractivity contribution in [1.29, 1.82) is 0 Å². The van der Waals surface area contributed by atoms with Crippen LogP contribution in [0.15, 0.2) is 62.5 Å². The maximum Gasteiger partial charge on any atom is 0.266 e. The van der Waals surface area contributed by atoms with E-state index in [0.717, 1.165) is 0 Å². The van der Waals surface area contributed by atoms with Gasteiger partial charge in [0.15, 0.2) is 0 Å². The predicted octanol–water partition coefficient (Wildman–Crippen LogP) is 6.25. The second-order valence-corrected chi connectivity index (χ2v) is 8.11. The molecule has 27 heavy (non-hydrogen) atoms. The van der Waals surface area contributed by atoms with E-state index in [0.29, 0.717) is 48.7 Å². The molecule has 136 valence electrons. The van der Waals surface area contributed by atoms with Crippen LogP contribution in [0.5, 0.6) is 0 Å². The highest BCUT2D eigenvalue weighted by atomic mass is 35.5. The smallest absolute Gasteiger partial charge is 0.266 e. The summed E-state index contributed by atoms with van der Waals surface area (Å²) in [5.74, 6) is 1.59. The number of hydrogen-bond donors (Lipinski definition) is 0. The molecule has 2 aromatic heterocycles. The average molecular weight is 436 g/mol. The fraction of sp³-hybridized carbons (Fsp3) is 0.0526. The van der Waals surface area contributed by atoms with Gasteiger partial charge in [-0.05, 0) is 36.4 Å². The number of benzene rings is 1. The van der Waals surface area contributed by atoms with E-state index in [1.165, 1.54) is 16.7 Å². The minimum atomic E-state index is -0.180. The van der Waals surface area contributed by atoms with Gasteiger partial charge >= 0.3 is 0 Å². The number of hydrogen-bond acceptors (Lipinski definition) is 5. The van der Waals surface area contributed by atoms with Crippen LogP contribution < -0.4 is 0 Å². The molecule has 3 aromatic rings. The molecule has 0 unspecified atom stereocenters. The zero-order valence-electron chi connectivity index (χ0n) is 13.6. The lowest BCUT2D eigenvalue weighted by Gasteiger charge is -2.11. The monoisotopic (exact) mass is 435 g/mol. The van der Waals surface area contributed by atoms with E-state index in [1.54, 1.807) is 48.7 Å². The number of nitrogens with zero attached hydrogens (tertiary/aromatic N) is 1. The van der Waals surface area contributed by atoms with Gasteiger partial charge in [0, 0.05) is 11.6 Å². The summed E-state index contributed by atoms with van der Waals surface area (Å²) in [5, 5.41) is 0.871. The topological polar surface area (TPSA) is 46.6 Å². The summed E-state index contributed by atoms with van der Waals surface area (Å²) in [6, 6.07) is 12.5. The van der Waals surface area contributed by atoms with E-state index in [1.807, 2.05) is 6.07 Å². The lowest BCUT2D eigenvalue weighted by molar-refractivity contribution is -0.122. The lowest BCUT2D eigenvalue weighted by Crippen LogP contribution is -2.27. The Hall–Kier alpha value is -1.99. The number of amides is 1. The molecule has 1 saturated heterocycles. The maximum atomic E-state index is 12.6. The zero-order valence-corrected chi connectivity index (χ0v) is 16.8. The van der Waals surface area contributed by atoms with Gasteiger partial charge in [-0.1, -0.05) is 53.2 Å². The van der Waals surface area contributed by atoms with Crippen molar-refractivity contribution >= 4 is 63.5 Å². The van der Waals surface area contributed by atoms with Gasteiger partial charge in [0.2, 0.25) is 0 Å². The Bertz CT molecular complexity index is 1060.